The van der Waals surface area contributed by atoms with Crippen LogP contribution in [0.2, 0.25) is 0 Å². The second kappa shape index (κ2) is 4.97. The van der Waals surface area contributed by atoms with Gasteiger partial charge in [0.2, 0.25) is 0 Å². The number of carbonyl (C=O) groups excluding carboxylic acids is 1. The van der Waals surface area contributed by atoms with Gasteiger partial charge in [0.25, 0.3) is 0 Å². The first kappa shape index (κ1) is 13.2. The van der Waals surface area contributed by atoms with E-state index in [1.807, 2.05) is 0 Å². The zero-order valence-corrected chi connectivity index (χ0v) is 11.7. The molecule has 3 rings (SSSR count). The van der Waals surface area contributed by atoms with E-state index in [2.05, 4.69) is 10.1 Å². The van der Waals surface area contributed by atoms with Crippen LogP contribution < -0.4 is 0 Å². The van der Waals surface area contributed by atoms with Crippen molar-refractivity contribution in [1.29, 1.82) is 0 Å². The summed E-state index contributed by atoms with van der Waals surface area (Å²) in [5.74, 6) is 0.781. The highest BCUT2D eigenvalue weighted by Crippen LogP contribution is 2.22. The van der Waals surface area contributed by atoms with Gasteiger partial charge in [0.05, 0.1) is 11.0 Å². The molecule has 0 aromatic carbocycles. The van der Waals surface area contributed by atoms with Crippen molar-refractivity contribution < 1.29 is 13.2 Å². The molecule has 0 saturated carbocycles. The average Bonchev–Trinajstić information content (AvgIpc) is 2.82. The number of pyridine rings is 1. The SMILES string of the molecule is O=Cc1ccn2nc(CC3CCCCS3(=O)=O)nc2c1. The van der Waals surface area contributed by atoms with E-state index in [0.29, 0.717) is 29.9 Å². The molecule has 1 aliphatic heterocycles. The number of aldehydes is 1. The number of hydrogen-bond acceptors (Lipinski definition) is 5. The smallest absolute Gasteiger partial charge is 0.156 e. The molecule has 0 bridgehead atoms. The predicted molar refractivity (Wildman–Crippen MR) is 73.5 cm³/mol. The van der Waals surface area contributed by atoms with Crippen LogP contribution in [-0.2, 0) is 16.3 Å². The fourth-order valence-electron chi connectivity index (χ4n) is 2.56. The molecular weight excluding hydrogens is 278 g/mol. The van der Waals surface area contributed by atoms with E-state index < -0.39 is 9.84 Å². The molecule has 0 amide bonds. The lowest BCUT2D eigenvalue weighted by Crippen LogP contribution is -2.30. The van der Waals surface area contributed by atoms with E-state index in [9.17, 15) is 13.2 Å². The van der Waals surface area contributed by atoms with Gasteiger partial charge in [-0.3, -0.25) is 4.79 Å². The lowest BCUT2D eigenvalue weighted by molar-refractivity contribution is 0.112. The van der Waals surface area contributed by atoms with Crippen LogP contribution in [0.1, 0.15) is 35.4 Å². The second-order valence-corrected chi connectivity index (χ2v) is 7.50. The first-order valence-corrected chi connectivity index (χ1v) is 8.32. The van der Waals surface area contributed by atoms with Gasteiger partial charge >= 0.3 is 0 Å². The number of hydrogen-bond donors (Lipinski definition) is 0. The molecule has 1 fully saturated rings. The molecule has 1 unspecified atom stereocenters. The van der Waals surface area contributed by atoms with Crippen molar-refractivity contribution in [2.24, 2.45) is 0 Å². The molecule has 0 N–H and O–H groups in total. The van der Waals surface area contributed by atoms with Gasteiger partial charge in [-0.05, 0) is 25.0 Å². The van der Waals surface area contributed by atoms with E-state index in [-0.39, 0.29) is 11.0 Å². The van der Waals surface area contributed by atoms with E-state index in [1.165, 1.54) is 0 Å². The molecule has 0 spiro atoms. The average molecular weight is 293 g/mol. The Balaban J connectivity index is 1.89. The Hall–Kier alpha value is -1.76. The second-order valence-electron chi connectivity index (χ2n) is 5.10. The first-order valence-electron chi connectivity index (χ1n) is 6.60. The van der Waals surface area contributed by atoms with Crippen molar-refractivity contribution in [2.45, 2.75) is 30.9 Å². The van der Waals surface area contributed by atoms with Crippen molar-refractivity contribution in [1.82, 2.24) is 14.6 Å². The normalized spacial score (nSPS) is 21.9. The largest absolute Gasteiger partial charge is 0.298 e. The summed E-state index contributed by atoms with van der Waals surface area (Å²) in [6.45, 7) is 0. The summed E-state index contributed by atoms with van der Waals surface area (Å²) in [4.78, 5) is 15.0. The standard InChI is InChI=1S/C13H15N3O3S/c17-9-10-4-5-16-13(7-10)14-12(15-16)8-11-3-1-2-6-20(11,18)19/h4-5,7,9,11H,1-3,6,8H2. The van der Waals surface area contributed by atoms with Gasteiger partial charge in [-0.2, -0.15) is 5.10 Å². The molecule has 1 atom stereocenters. The van der Waals surface area contributed by atoms with Crippen LogP contribution in [0.4, 0.5) is 0 Å². The lowest BCUT2D eigenvalue weighted by Gasteiger charge is -2.20. The molecule has 106 valence electrons. The fraction of sp³-hybridized carbons (Fsp3) is 0.462. The van der Waals surface area contributed by atoms with Crippen LogP contribution in [0.5, 0.6) is 0 Å². The molecule has 1 saturated heterocycles. The van der Waals surface area contributed by atoms with Crippen molar-refractivity contribution in [3.05, 3.63) is 29.7 Å². The molecule has 2 aromatic heterocycles. The number of carbonyl (C=O) groups is 1. The molecule has 7 heteroatoms. The van der Waals surface area contributed by atoms with Crippen molar-refractivity contribution >= 4 is 21.8 Å². The molecule has 0 radical (unpaired) electrons. The highest BCUT2D eigenvalue weighted by atomic mass is 32.2. The zero-order chi connectivity index (χ0) is 14.2. The van der Waals surface area contributed by atoms with Crippen molar-refractivity contribution in [3.63, 3.8) is 0 Å². The van der Waals surface area contributed by atoms with Crippen LogP contribution in [0.3, 0.4) is 0 Å². The summed E-state index contributed by atoms with van der Waals surface area (Å²) in [5.41, 5.74) is 1.10. The van der Waals surface area contributed by atoms with Crippen molar-refractivity contribution in [2.75, 3.05) is 5.75 Å². The first-order chi connectivity index (χ1) is 9.58. The lowest BCUT2D eigenvalue weighted by atomic mass is 10.1. The van der Waals surface area contributed by atoms with Gasteiger partial charge in [0.1, 0.15) is 6.29 Å². The monoisotopic (exact) mass is 293 g/mol. The van der Waals surface area contributed by atoms with Gasteiger partial charge in [0, 0.05) is 18.2 Å². The summed E-state index contributed by atoms with van der Waals surface area (Å²) in [6.07, 6.45) is 5.12. The van der Waals surface area contributed by atoms with Crippen LogP contribution in [-0.4, -0.2) is 40.3 Å². The van der Waals surface area contributed by atoms with Gasteiger partial charge in [-0.1, -0.05) is 6.42 Å². The van der Waals surface area contributed by atoms with Gasteiger partial charge in [-0.15, -0.1) is 0 Å². The summed E-state index contributed by atoms with van der Waals surface area (Å²) in [6, 6.07) is 3.29. The molecule has 3 heterocycles. The van der Waals surface area contributed by atoms with Crippen molar-refractivity contribution in [3.8, 4) is 0 Å². The highest BCUT2D eigenvalue weighted by Gasteiger charge is 2.30. The summed E-state index contributed by atoms with van der Waals surface area (Å²) in [5, 5.41) is 3.90. The molecule has 20 heavy (non-hydrogen) atoms. The Kier molecular flexibility index (Phi) is 3.29. The maximum atomic E-state index is 12.0. The molecule has 0 aliphatic carbocycles. The Bertz CT molecular complexity index is 751. The summed E-state index contributed by atoms with van der Waals surface area (Å²) in [7, 11) is -3.02. The van der Waals surface area contributed by atoms with Crippen LogP contribution in [0.15, 0.2) is 18.3 Å². The van der Waals surface area contributed by atoms with Gasteiger partial charge < -0.3 is 0 Å². The molecule has 1 aliphatic rings. The number of sulfone groups is 1. The Morgan fingerprint density at radius 1 is 1.40 bits per heavy atom. The number of aromatic nitrogens is 3. The van der Waals surface area contributed by atoms with E-state index in [1.54, 1.807) is 22.8 Å². The summed E-state index contributed by atoms with van der Waals surface area (Å²) < 4.78 is 25.6. The molecular formula is C13H15N3O3S. The van der Waals surface area contributed by atoms with Crippen LogP contribution in [0, 0.1) is 0 Å². The van der Waals surface area contributed by atoms with Crippen LogP contribution in [0.25, 0.3) is 5.65 Å². The van der Waals surface area contributed by atoms with Gasteiger partial charge in [0.15, 0.2) is 21.3 Å². The van der Waals surface area contributed by atoms with Gasteiger partial charge in [-0.25, -0.2) is 17.9 Å². The number of rotatable bonds is 3. The third-order valence-electron chi connectivity index (χ3n) is 3.66. The summed E-state index contributed by atoms with van der Waals surface area (Å²) >= 11 is 0. The quantitative estimate of drug-likeness (QED) is 0.790. The predicted octanol–water partition coefficient (Wildman–Crippen LogP) is 1.05. The van der Waals surface area contributed by atoms with Crippen LogP contribution >= 0.6 is 0 Å². The van der Waals surface area contributed by atoms with E-state index in [0.717, 1.165) is 19.1 Å². The maximum Gasteiger partial charge on any atom is 0.156 e. The maximum absolute atomic E-state index is 12.0. The fourth-order valence-corrected chi connectivity index (χ4v) is 4.43. The minimum absolute atomic E-state index is 0.264. The minimum Gasteiger partial charge on any atom is -0.298 e. The Morgan fingerprint density at radius 3 is 3.00 bits per heavy atom. The topological polar surface area (TPSA) is 81.4 Å². The third kappa shape index (κ3) is 2.45. The third-order valence-corrected chi connectivity index (χ3v) is 5.94. The Morgan fingerprint density at radius 2 is 2.25 bits per heavy atom. The van der Waals surface area contributed by atoms with E-state index in [4.69, 9.17) is 0 Å². The molecule has 6 nitrogen and oxygen atoms in total. The zero-order valence-electron chi connectivity index (χ0n) is 10.9. The minimum atomic E-state index is -3.02. The Labute approximate surface area is 116 Å². The number of fused-ring (bicyclic) bond motifs is 1. The highest BCUT2D eigenvalue weighted by molar-refractivity contribution is 7.92. The van der Waals surface area contributed by atoms with E-state index >= 15 is 0 Å². The molecule has 2 aromatic rings. The number of nitrogens with zero attached hydrogens (tertiary/aromatic N) is 3.